The Kier molecular flexibility index (Phi) is 5.96. The molecule has 0 amide bonds. The van der Waals surface area contributed by atoms with E-state index in [1.54, 1.807) is 12.1 Å². The first-order chi connectivity index (χ1) is 15.2. The zero-order chi connectivity index (χ0) is 23.1. The molecule has 1 N–H and O–H groups in total. The maximum absolute atomic E-state index is 12.7. The molecule has 1 saturated carbocycles. The van der Waals surface area contributed by atoms with Gasteiger partial charge in [0, 0.05) is 16.0 Å². The summed E-state index contributed by atoms with van der Waals surface area (Å²) >= 11 is 12.6. The second-order valence-electron chi connectivity index (χ2n) is 9.13. The van der Waals surface area contributed by atoms with Crippen LogP contribution in [0.5, 0.6) is 0 Å². The third-order valence-corrected chi connectivity index (χ3v) is 7.79. The number of carbonyl (C=O) groups is 1. The van der Waals surface area contributed by atoms with Gasteiger partial charge in [0.25, 0.3) is 0 Å². The maximum atomic E-state index is 12.7. The van der Waals surface area contributed by atoms with Crippen molar-refractivity contribution in [2.45, 2.75) is 27.2 Å². The fourth-order valence-electron chi connectivity index (χ4n) is 5.03. The van der Waals surface area contributed by atoms with Gasteiger partial charge in [-0.3, -0.25) is 4.79 Å². The second kappa shape index (κ2) is 8.42. The second-order valence-corrected chi connectivity index (χ2v) is 9.97. The van der Waals surface area contributed by atoms with Gasteiger partial charge in [-0.05, 0) is 58.7 Å². The first-order valence-corrected chi connectivity index (χ1v) is 11.4. The zero-order valence-corrected chi connectivity index (χ0v) is 19.9. The minimum Gasteiger partial charge on any atom is -0.481 e. The summed E-state index contributed by atoms with van der Waals surface area (Å²) in [6.45, 7) is 6.11. The lowest BCUT2D eigenvalue weighted by molar-refractivity contribution is -0.145. The van der Waals surface area contributed by atoms with E-state index in [1.165, 1.54) is 0 Å². The quantitative estimate of drug-likeness (QED) is 0.402. The van der Waals surface area contributed by atoms with Crippen LogP contribution in [0.15, 0.2) is 78.9 Å². The van der Waals surface area contributed by atoms with Crippen LogP contribution in [0, 0.1) is 23.7 Å². The number of rotatable bonds is 6. The van der Waals surface area contributed by atoms with Crippen molar-refractivity contribution < 1.29 is 9.90 Å². The van der Waals surface area contributed by atoms with Crippen LogP contribution in [0.25, 0.3) is 16.2 Å². The number of aliphatic carboxylic acids is 1. The molecule has 0 bridgehead atoms. The summed E-state index contributed by atoms with van der Waals surface area (Å²) in [5, 5.41) is 11.6. The Bertz CT molecular complexity index is 1180. The van der Waals surface area contributed by atoms with Gasteiger partial charge in [0.2, 0.25) is 0 Å². The van der Waals surface area contributed by atoms with E-state index in [4.69, 9.17) is 23.2 Å². The topological polar surface area (TPSA) is 37.3 Å². The minimum absolute atomic E-state index is 0.185. The number of carboxylic acids is 1. The van der Waals surface area contributed by atoms with Crippen LogP contribution in [0.1, 0.15) is 30.5 Å². The van der Waals surface area contributed by atoms with Gasteiger partial charge in [-0.1, -0.05) is 104 Å². The Labute approximate surface area is 199 Å². The van der Waals surface area contributed by atoms with Gasteiger partial charge in [-0.15, -0.1) is 0 Å². The van der Waals surface area contributed by atoms with Crippen molar-refractivity contribution in [2.24, 2.45) is 16.7 Å². The van der Waals surface area contributed by atoms with Gasteiger partial charge in [0.15, 0.2) is 0 Å². The molecule has 1 fully saturated rings. The molecule has 2 nitrogen and oxygen atoms in total. The van der Waals surface area contributed by atoms with Gasteiger partial charge in [-0.2, -0.15) is 0 Å². The molecule has 0 aromatic heterocycles. The summed E-state index contributed by atoms with van der Waals surface area (Å²) in [7, 11) is 0. The molecular weight excluding hydrogens is 439 g/mol. The minimum atomic E-state index is -0.917. The van der Waals surface area contributed by atoms with Crippen LogP contribution in [-0.4, -0.2) is 11.1 Å². The highest BCUT2D eigenvalue weighted by Gasteiger charge is 2.74. The maximum Gasteiger partial charge on any atom is 0.311 e. The van der Waals surface area contributed by atoms with Crippen LogP contribution in [-0.2, 0) is 11.2 Å². The van der Waals surface area contributed by atoms with Crippen LogP contribution in [0.4, 0.5) is 0 Å². The lowest BCUT2D eigenvalue weighted by Crippen LogP contribution is -2.24. The van der Waals surface area contributed by atoms with Gasteiger partial charge in [0.1, 0.15) is 0 Å². The average Bonchev–Trinajstić information content (AvgIpc) is 3.24. The average molecular weight is 465 g/mol. The van der Waals surface area contributed by atoms with E-state index in [2.05, 4.69) is 25.1 Å². The molecule has 164 valence electrons. The van der Waals surface area contributed by atoms with Crippen molar-refractivity contribution in [3.05, 3.63) is 101 Å². The molecule has 0 spiro atoms. The van der Waals surface area contributed by atoms with Crippen LogP contribution >= 0.6 is 23.2 Å². The monoisotopic (exact) mass is 464 g/mol. The fourth-order valence-corrected chi connectivity index (χ4v) is 5.40. The van der Waals surface area contributed by atoms with Gasteiger partial charge in [0.05, 0.1) is 5.41 Å². The normalized spacial score (nSPS) is 21.9. The molecule has 1 aliphatic carbocycles. The highest BCUT2D eigenvalue weighted by atomic mass is 35.5. The molecule has 0 aliphatic heterocycles. The van der Waals surface area contributed by atoms with Crippen LogP contribution in [0.2, 0.25) is 5.02 Å². The summed E-state index contributed by atoms with van der Waals surface area (Å²) in [5.41, 5.74) is 3.93. The molecule has 32 heavy (non-hydrogen) atoms. The Morgan fingerprint density at radius 1 is 1.00 bits per heavy atom. The van der Waals surface area contributed by atoms with Crippen molar-refractivity contribution in [3.8, 4) is 11.1 Å². The van der Waals surface area contributed by atoms with Crippen molar-refractivity contribution in [3.63, 3.8) is 0 Å². The molecule has 1 aliphatic rings. The molecule has 0 radical (unpaired) electrons. The number of allylic oxidation sites excluding steroid dienone is 1. The van der Waals surface area contributed by atoms with E-state index < -0.39 is 16.8 Å². The van der Waals surface area contributed by atoms with Crippen molar-refractivity contribution >= 4 is 34.2 Å². The Morgan fingerprint density at radius 3 is 2.28 bits per heavy atom. The van der Waals surface area contributed by atoms with Crippen molar-refractivity contribution in [1.82, 2.24) is 0 Å². The molecule has 0 saturated heterocycles. The Balaban J connectivity index is 1.70. The summed E-state index contributed by atoms with van der Waals surface area (Å²) in [6.07, 6.45) is 2.36. The first-order valence-electron chi connectivity index (χ1n) is 10.7. The van der Waals surface area contributed by atoms with E-state index >= 15 is 0 Å². The third-order valence-electron chi connectivity index (χ3n) is 7.19. The summed E-state index contributed by atoms with van der Waals surface area (Å²) in [5.74, 6) is -0.968. The van der Waals surface area contributed by atoms with E-state index in [0.717, 1.165) is 27.8 Å². The van der Waals surface area contributed by atoms with Crippen molar-refractivity contribution in [1.29, 1.82) is 0 Å². The number of halogens is 2. The summed E-state index contributed by atoms with van der Waals surface area (Å²) in [6, 6.07) is 23.6. The van der Waals surface area contributed by atoms with Gasteiger partial charge < -0.3 is 5.11 Å². The summed E-state index contributed by atoms with van der Waals surface area (Å²) in [4.78, 5) is 12.7. The number of carboxylic acid groups (broad SMARTS) is 1. The van der Waals surface area contributed by atoms with Gasteiger partial charge >= 0.3 is 5.97 Å². The Hall–Kier alpha value is -2.55. The third kappa shape index (κ3) is 3.76. The molecule has 3 aromatic carbocycles. The molecule has 4 heteroatoms. The molecule has 4 rings (SSSR count). The van der Waals surface area contributed by atoms with E-state index in [1.807, 2.05) is 62.4 Å². The molecule has 2 atom stereocenters. The zero-order valence-electron chi connectivity index (χ0n) is 18.4. The van der Waals surface area contributed by atoms with Gasteiger partial charge in [-0.25, -0.2) is 0 Å². The lowest BCUT2D eigenvalue weighted by Gasteiger charge is -2.19. The molecule has 0 unspecified atom stereocenters. The van der Waals surface area contributed by atoms with Crippen LogP contribution in [0.3, 0.4) is 0 Å². The Morgan fingerprint density at radius 2 is 1.66 bits per heavy atom. The standard InChI is InChI=1S/C28H26Cl2O2/c1-18-21(10-7-11-23(18)19-8-5-4-6-9-19)17-28(26(31)32)25(27(28,2)3)16-24(30)20-12-14-22(29)15-13-20/h4-16,25H,17H2,1-3H3,(H,31,32)/t25-,28-/m0/s1. The molecule has 3 aromatic rings. The largest absolute Gasteiger partial charge is 0.481 e. The molecule has 0 heterocycles. The first kappa shape index (κ1) is 22.6. The van der Waals surface area contributed by atoms with E-state index in [9.17, 15) is 9.90 Å². The predicted octanol–water partition coefficient (Wildman–Crippen LogP) is 7.86. The predicted molar refractivity (Wildman–Crippen MR) is 133 cm³/mol. The van der Waals surface area contributed by atoms with Crippen LogP contribution < -0.4 is 0 Å². The van der Waals surface area contributed by atoms with E-state index in [-0.39, 0.29) is 5.92 Å². The number of benzene rings is 3. The number of hydrogen-bond acceptors (Lipinski definition) is 1. The SMILES string of the molecule is Cc1c(C[C@@]2(C(=O)O)[C@@H](C=C(Cl)c3ccc(Cl)cc3)C2(C)C)cccc1-c1ccccc1. The van der Waals surface area contributed by atoms with Crippen molar-refractivity contribution in [2.75, 3.05) is 0 Å². The molecular formula is C28H26Cl2O2. The fraction of sp³-hybridized carbons (Fsp3) is 0.250. The number of hydrogen-bond donors (Lipinski definition) is 1. The highest BCUT2D eigenvalue weighted by molar-refractivity contribution is 6.48. The smallest absolute Gasteiger partial charge is 0.311 e. The summed E-state index contributed by atoms with van der Waals surface area (Å²) < 4.78 is 0. The highest BCUT2D eigenvalue weighted by Crippen LogP contribution is 2.71. The van der Waals surface area contributed by atoms with E-state index in [0.29, 0.717) is 16.5 Å². The lowest BCUT2D eigenvalue weighted by atomic mass is 9.85.